The van der Waals surface area contributed by atoms with Crippen LogP contribution in [0.3, 0.4) is 0 Å². The van der Waals surface area contributed by atoms with Gasteiger partial charge in [-0.3, -0.25) is 14.4 Å². The van der Waals surface area contributed by atoms with E-state index >= 15 is 0 Å². The highest BCUT2D eigenvalue weighted by Gasteiger charge is 2.26. The number of nitrogens with one attached hydrogen (secondary N) is 3. The molecule has 4 rings (SSSR count). The summed E-state index contributed by atoms with van der Waals surface area (Å²) in [5.74, 6) is -0.438. The molecule has 1 atom stereocenters. The van der Waals surface area contributed by atoms with Gasteiger partial charge in [-0.2, -0.15) is 0 Å². The molecule has 0 bridgehead atoms. The topological polar surface area (TPSA) is 79.5 Å². The van der Waals surface area contributed by atoms with Crippen LogP contribution < -0.4 is 16.1 Å². The first-order chi connectivity index (χ1) is 14.2. The summed E-state index contributed by atoms with van der Waals surface area (Å²) in [6, 6.07) is 24.1. The Balaban J connectivity index is 1.40. The second-order valence-electron chi connectivity index (χ2n) is 6.84. The van der Waals surface area contributed by atoms with Crippen molar-refractivity contribution in [3.8, 4) is 0 Å². The van der Waals surface area contributed by atoms with Gasteiger partial charge in [-0.05, 0) is 29.3 Å². The molecule has 0 aromatic heterocycles. The zero-order chi connectivity index (χ0) is 20.1. The number of anilines is 2. The molecule has 1 aliphatic rings. The van der Waals surface area contributed by atoms with Crippen LogP contribution in [-0.4, -0.2) is 17.9 Å². The van der Waals surface area contributed by atoms with Crippen molar-refractivity contribution in [3.05, 3.63) is 95.6 Å². The fraction of sp³-hybridized carbons (Fsp3) is 0.130. The molecule has 0 fully saturated rings. The van der Waals surface area contributed by atoms with Gasteiger partial charge < -0.3 is 10.6 Å². The molecule has 0 saturated heterocycles. The largest absolute Gasteiger partial charge is 0.372 e. The zero-order valence-electron chi connectivity index (χ0n) is 15.7. The van der Waals surface area contributed by atoms with Crippen molar-refractivity contribution < 1.29 is 14.4 Å². The number of amides is 2. The van der Waals surface area contributed by atoms with Gasteiger partial charge in [0.25, 0.3) is 5.91 Å². The predicted molar refractivity (Wildman–Crippen MR) is 111 cm³/mol. The highest BCUT2D eigenvalue weighted by atomic mass is 16.6. The predicted octanol–water partition coefficient (Wildman–Crippen LogP) is 3.52. The lowest BCUT2D eigenvalue weighted by Crippen LogP contribution is -2.40. The Morgan fingerprint density at radius 2 is 1.59 bits per heavy atom. The van der Waals surface area contributed by atoms with Gasteiger partial charge in [-0.1, -0.05) is 60.7 Å². The molecule has 3 aromatic carbocycles. The second-order valence-corrected chi connectivity index (χ2v) is 6.84. The van der Waals surface area contributed by atoms with Crippen LogP contribution in [0.5, 0.6) is 0 Å². The average molecular weight is 387 g/mol. The molecule has 0 saturated carbocycles. The fourth-order valence-electron chi connectivity index (χ4n) is 3.20. The number of carbonyl (C=O) groups is 2. The van der Waals surface area contributed by atoms with E-state index in [1.807, 2.05) is 60.7 Å². The number of hydroxylamine groups is 1. The Morgan fingerprint density at radius 3 is 2.31 bits per heavy atom. The molecule has 2 amide bonds. The quantitative estimate of drug-likeness (QED) is 0.566. The monoisotopic (exact) mass is 387 g/mol. The van der Waals surface area contributed by atoms with Crippen molar-refractivity contribution in [1.82, 2.24) is 5.48 Å². The molecule has 0 aliphatic carbocycles. The minimum Gasteiger partial charge on any atom is -0.372 e. The summed E-state index contributed by atoms with van der Waals surface area (Å²) in [6.07, 6.45) is 0.558. The lowest BCUT2D eigenvalue weighted by atomic mass is 10.0. The van der Waals surface area contributed by atoms with Gasteiger partial charge >= 0.3 is 0 Å². The van der Waals surface area contributed by atoms with Gasteiger partial charge in [0.05, 0.1) is 18.0 Å². The van der Waals surface area contributed by atoms with Gasteiger partial charge in [0.15, 0.2) is 0 Å². The van der Waals surface area contributed by atoms with E-state index in [4.69, 9.17) is 4.84 Å². The standard InChI is InChI=1S/C23H21N3O3/c27-22(26-29-15-17-9-5-2-6-10-17)18-11-12-19-20(14-18)24-21(23(28)25-19)13-16-7-3-1-4-8-16/h1-12,14,21,24H,13,15H2,(H,25,28)(H,26,27)/t21-/m1/s1. The molecule has 1 heterocycles. The number of hydrogen-bond acceptors (Lipinski definition) is 4. The normalized spacial score (nSPS) is 15.0. The van der Waals surface area contributed by atoms with E-state index in [9.17, 15) is 9.59 Å². The summed E-state index contributed by atoms with van der Waals surface area (Å²) in [7, 11) is 0. The molecule has 0 spiro atoms. The van der Waals surface area contributed by atoms with E-state index < -0.39 is 6.04 Å². The Labute approximate surface area is 168 Å². The van der Waals surface area contributed by atoms with Crippen LogP contribution in [-0.2, 0) is 22.7 Å². The number of hydrogen-bond donors (Lipinski definition) is 3. The maximum absolute atomic E-state index is 12.4. The van der Waals surface area contributed by atoms with Crippen molar-refractivity contribution in [2.75, 3.05) is 10.6 Å². The van der Waals surface area contributed by atoms with Crippen molar-refractivity contribution >= 4 is 23.2 Å². The van der Waals surface area contributed by atoms with Crippen LogP contribution in [0.4, 0.5) is 11.4 Å². The highest BCUT2D eigenvalue weighted by Crippen LogP contribution is 2.28. The lowest BCUT2D eigenvalue weighted by Gasteiger charge is -2.27. The third-order valence-corrected chi connectivity index (χ3v) is 4.72. The van der Waals surface area contributed by atoms with Gasteiger partial charge in [0.1, 0.15) is 6.04 Å². The first kappa shape index (κ1) is 18.7. The Hall–Kier alpha value is -3.64. The molecule has 6 nitrogen and oxygen atoms in total. The first-order valence-electron chi connectivity index (χ1n) is 9.40. The van der Waals surface area contributed by atoms with E-state index in [0.717, 1.165) is 11.1 Å². The van der Waals surface area contributed by atoms with E-state index in [1.165, 1.54) is 0 Å². The number of benzene rings is 3. The van der Waals surface area contributed by atoms with Crippen molar-refractivity contribution in [2.24, 2.45) is 0 Å². The van der Waals surface area contributed by atoms with Gasteiger partial charge in [-0.15, -0.1) is 0 Å². The fourth-order valence-corrected chi connectivity index (χ4v) is 3.20. The molecule has 29 heavy (non-hydrogen) atoms. The Bertz CT molecular complexity index is 1010. The summed E-state index contributed by atoms with van der Waals surface area (Å²) >= 11 is 0. The minimum absolute atomic E-state index is 0.0928. The van der Waals surface area contributed by atoms with E-state index in [2.05, 4.69) is 16.1 Å². The molecule has 3 N–H and O–H groups in total. The minimum atomic E-state index is -0.405. The van der Waals surface area contributed by atoms with Crippen molar-refractivity contribution in [2.45, 2.75) is 19.1 Å². The van der Waals surface area contributed by atoms with Crippen LogP contribution in [0.2, 0.25) is 0 Å². The third-order valence-electron chi connectivity index (χ3n) is 4.72. The summed E-state index contributed by atoms with van der Waals surface area (Å²) in [5.41, 5.74) is 6.29. The van der Waals surface area contributed by atoms with Gasteiger partial charge in [-0.25, -0.2) is 5.48 Å². The summed E-state index contributed by atoms with van der Waals surface area (Å²) in [5, 5.41) is 6.14. The van der Waals surface area contributed by atoms with E-state index in [0.29, 0.717) is 23.4 Å². The van der Waals surface area contributed by atoms with Gasteiger partial charge in [0.2, 0.25) is 5.91 Å². The molecule has 0 radical (unpaired) electrons. The summed E-state index contributed by atoms with van der Waals surface area (Å²) in [6.45, 7) is 0.283. The lowest BCUT2D eigenvalue weighted by molar-refractivity contribution is -0.117. The SMILES string of the molecule is O=C(NOCc1ccccc1)c1ccc2c(c1)N[C@H](Cc1ccccc1)C(=O)N2. The van der Waals surface area contributed by atoms with Gasteiger partial charge in [0, 0.05) is 12.0 Å². The number of fused-ring (bicyclic) bond motifs is 1. The molecule has 1 aliphatic heterocycles. The first-order valence-corrected chi connectivity index (χ1v) is 9.40. The smallest absolute Gasteiger partial charge is 0.274 e. The van der Waals surface area contributed by atoms with Crippen molar-refractivity contribution in [3.63, 3.8) is 0 Å². The molecule has 0 unspecified atom stereocenters. The average Bonchev–Trinajstić information content (AvgIpc) is 2.75. The van der Waals surface area contributed by atoms with Crippen LogP contribution in [0.1, 0.15) is 21.5 Å². The van der Waals surface area contributed by atoms with Crippen molar-refractivity contribution in [1.29, 1.82) is 0 Å². The molecular weight excluding hydrogens is 366 g/mol. The summed E-state index contributed by atoms with van der Waals surface area (Å²) < 4.78 is 0. The van der Waals surface area contributed by atoms with Crippen LogP contribution in [0, 0.1) is 0 Å². The molecule has 6 heteroatoms. The molecular formula is C23H21N3O3. The zero-order valence-corrected chi connectivity index (χ0v) is 15.7. The van der Waals surface area contributed by atoms with Crippen LogP contribution >= 0.6 is 0 Å². The maximum atomic E-state index is 12.4. The van der Waals surface area contributed by atoms with Crippen LogP contribution in [0.15, 0.2) is 78.9 Å². The maximum Gasteiger partial charge on any atom is 0.274 e. The highest BCUT2D eigenvalue weighted by molar-refractivity contribution is 6.05. The number of rotatable bonds is 6. The molecule has 146 valence electrons. The second kappa shape index (κ2) is 8.58. The molecule has 3 aromatic rings. The third kappa shape index (κ3) is 4.62. The van der Waals surface area contributed by atoms with E-state index in [1.54, 1.807) is 18.2 Å². The number of carbonyl (C=O) groups excluding carboxylic acids is 2. The Morgan fingerprint density at radius 1 is 0.897 bits per heavy atom. The Kier molecular flexibility index (Phi) is 5.54. The van der Waals surface area contributed by atoms with E-state index in [-0.39, 0.29) is 18.4 Å². The summed E-state index contributed by atoms with van der Waals surface area (Å²) in [4.78, 5) is 30.1. The van der Waals surface area contributed by atoms with Crippen LogP contribution in [0.25, 0.3) is 0 Å².